The Morgan fingerprint density at radius 1 is 1.15 bits per heavy atom. The van der Waals surface area contributed by atoms with Crippen molar-refractivity contribution in [2.45, 2.75) is 17.2 Å². The number of nitrogens with zero attached hydrogens (tertiary/aromatic N) is 2. The van der Waals surface area contributed by atoms with E-state index in [4.69, 9.17) is 28.0 Å². The van der Waals surface area contributed by atoms with Gasteiger partial charge in [0, 0.05) is 24.6 Å². The summed E-state index contributed by atoms with van der Waals surface area (Å²) in [4.78, 5) is 17.4. The van der Waals surface area contributed by atoms with Crippen LogP contribution in [0.5, 0.6) is 11.5 Å². The van der Waals surface area contributed by atoms with Crippen molar-refractivity contribution in [2.24, 2.45) is 5.14 Å². The van der Waals surface area contributed by atoms with Gasteiger partial charge >= 0.3 is 0 Å². The Morgan fingerprint density at radius 2 is 1.88 bits per heavy atom. The van der Waals surface area contributed by atoms with E-state index in [9.17, 15) is 17.6 Å². The molecule has 168 valence electrons. The lowest BCUT2D eigenvalue weighted by Crippen LogP contribution is -2.24. The van der Waals surface area contributed by atoms with E-state index in [1.54, 1.807) is 23.1 Å². The third-order valence-corrected chi connectivity index (χ3v) is 6.55. The molecule has 4 rings (SSSR count). The number of rotatable bonds is 5. The molecule has 3 aromatic rings. The Labute approximate surface area is 195 Å². The monoisotopic (exact) mass is 485 g/mol. The van der Waals surface area contributed by atoms with E-state index in [0.29, 0.717) is 12.2 Å². The lowest BCUT2D eigenvalue weighted by molar-refractivity contribution is -0.117. The average Bonchev–Trinajstić information content (AvgIpc) is 3.17. The second kappa shape index (κ2) is 8.83. The molecule has 0 bridgehead atoms. The van der Waals surface area contributed by atoms with Gasteiger partial charge in [-0.05, 0) is 48.0 Å². The maximum Gasteiger partial charge on any atom is 0.238 e. The van der Waals surface area contributed by atoms with Gasteiger partial charge in [-0.15, -0.1) is 0 Å². The summed E-state index contributed by atoms with van der Waals surface area (Å²) >= 11 is 6.24. The molecule has 1 fully saturated rings. The number of carbonyl (C=O) groups is 1. The minimum atomic E-state index is -3.83. The van der Waals surface area contributed by atoms with Gasteiger partial charge < -0.3 is 9.64 Å². The predicted molar refractivity (Wildman–Crippen MR) is 122 cm³/mol. The maximum absolute atomic E-state index is 14.2. The Bertz CT molecular complexity index is 1390. The lowest BCUT2D eigenvalue weighted by Gasteiger charge is -2.18. The highest BCUT2D eigenvalue weighted by atomic mass is 35.5. The van der Waals surface area contributed by atoms with Gasteiger partial charge in [0.25, 0.3) is 0 Å². The van der Waals surface area contributed by atoms with E-state index >= 15 is 0 Å². The van der Waals surface area contributed by atoms with Crippen molar-refractivity contribution in [3.63, 3.8) is 0 Å². The van der Waals surface area contributed by atoms with Crippen LogP contribution in [0.4, 0.5) is 15.8 Å². The molecule has 1 heterocycles. The first kappa shape index (κ1) is 22.7. The molecule has 1 aliphatic heterocycles. The normalized spacial score (nSPS) is 16.0. The lowest BCUT2D eigenvalue weighted by atomic mass is 9.98. The van der Waals surface area contributed by atoms with E-state index in [1.807, 2.05) is 0 Å². The standard InChI is InChI=1S/C23H17ClFN3O4S/c1-27-20-4-2-3-19(25)23(20)32-21-11-14(5-10-18(21)24)15-12-22(29)28(13-15)16-6-8-17(9-7-16)33(26,30)31/h2-11,15H,12-13H2,(H2,26,30,31)/t15-/m0/s1. The van der Waals surface area contributed by atoms with Crippen LogP contribution in [0.3, 0.4) is 0 Å². The number of amides is 1. The predicted octanol–water partition coefficient (Wildman–Crippen LogP) is 4.99. The van der Waals surface area contributed by atoms with Crippen LogP contribution in [0.25, 0.3) is 4.85 Å². The molecule has 0 radical (unpaired) electrons. The topological polar surface area (TPSA) is 94.1 Å². The fourth-order valence-corrected chi connectivity index (χ4v) is 4.32. The van der Waals surface area contributed by atoms with Crippen LogP contribution in [-0.4, -0.2) is 20.9 Å². The minimum absolute atomic E-state index is 0.0154. The van der Waals surface area contributed by atoms with E-state index in [-0.39, 0.29) is 45.4 Å². The van der Waals surface area contributed by atoms with Crippen LogP contribution in [-0.2, 0) is 14.8 Å². The van der Waals surface area contributed by atoms with Gasteiger partial charge in [-0.25, -0.2) is 22.8 Å². The number of carbonyl (C=O) groups excluding carboxylic acids is 1. The van der Waals surface area contributed by atoms with Crippen LogP contribution in [0.1, 0.15) is 17.9 Å². The summed E-state index contributed by atoms with van der Waals surface area (Å²) in [7, 11) is -3.83. The van der Waals surface area contributed by atoms with Gasteiger partial charge in [0.1, 0.15) is 5.75 Å². The number of ether oxygens (including phenoxy) is 1. The maximum atomic E-state index is 14.2. The van der Waals surface area contributed by atoms with E-state index < -0.39 is 15.8 Å². The minimum Gasteiger partial charge on any atom is -0.464 e. The second-order valence-corrected chi connectivity index (χ2v) is 9.40. The molecular weight excluding hydrogens is 469 g/mol. The van der Waals surface area contributed by atoms with Crippen molar-refractivity contribution < 1.29 is 22.3 Å². The molecule has 1 atom stereocenters. The SMILES string of the molecule is [C-]#[N+]c1cccc(F)c1Oc1cc([C@H]2CC(=O)N(c3ccc(S(N)(=O)=O)cc3)C2)ccc1Cl. The first-order chi connectivity index (χ1) is 15.7. The Balaban J connectivity index is 1.59. The van der Waals surface area contributed by atoms with Gasteiger partial charge in [0.2, 0.25) is 21.6 Å². The van der Waals surface area contributed by atoms with E-state index in [2.05, 4.69) is 4.85 Å². The molecule has 7 nitrogen and oxygen atoms in total. The summed E-state index contributed by atoms with van der Waals surface area (Å²) in [5.41, 5.74) is 1.32. The molecular formula is C23H17ClFN3O4S. The number of nitrogens with two attached hydrogens (primary N) is 1. The number of sulfonamides is 1. The van der Waals surface area contributed by atoms with Crippen molar-refractivity contribution in [3.8, 4) is 11.5 Å². The summed E-state index contributed by atoms with van der Waals surface area (Å²) in [5.74, 6) is -1.06. The molecule has 0 aliphatic carbocycles. The molecule has 10 heteroatoms. The number of hydrogen-bond donors (Lipinski definition) is 1. The quantitative estimate of drug-likeness (QED) is 0.515. The van der Waals surface area contributed by atoms with Gasteiger partial charge in [-0.3, -0.25) is 4.79 Å². The van der Waals surface area contributed by atoms with E-state index in [0.717, 1.165) is 5.56 Å². The molecule has 1 saturated heterocycles. The number of primary sulfonamides is 1. The third-order valence-electron chi connectivity index (χ3n) is 5.31. The van der Waals surface area contributed by atoms with Gasteiger partial charge in [-0.2, -0.15) is 0 Å². The van der Waals surface area contributed by atoms with Gasteiger partial charge in [0.05, 0.1) is 16.5 Å². The summed E-state index contributed by atoms with van der Waals surface area (Å²) < 4.78 is 42.8. The average molecular weight is 486 g/mol. The van der Waals surface area contributed by atoms with Crippen LogP contribution in [0.2, 0.25) is 5.02 Å². The molecule has 0 saturated carbocycles. The van der Waals surface area contributed by atoms with Crippen LogP contribution in [0, 0.1) is 12.4 Å². The molecule has 3 aromatic carbocycles. The highest BCUT2D eigenvalue weighted by molar-refractivity contribution is 7.89. The van der Waals surface area contributed by atoms with Crippen LogP contribution >= 0.6 is 11.6 Å². The molecule has 2 N–H and O–H groups in total. The fourth-order valence-electron chi connectivity index (χ4n) is 3.64. The number of hydrogen-bond acceptors (Lipinski definition) is 4. The summed E-state index contributed by atoms with van der Waals surface area (Å²) in [6.07, 6.45) is 0.213. The molecule has 0 aromatic heterocycles. The first-order valence-electron chi connectivity index (χ1n) is 9.74. The molecule has 33 heavy (non-hydrogen) atoms. The summed E-state index contributed by atoms with van der Waals surface area (Å²) in [6, 6.07) is 14.8. The van der Waals surface area contributed by atoms with Crippen molar-refractivity contribution in [1.82, 2.24) is 0 Å². The zero-order chi connectivity index (χ0) is 23.8. The summed E-state index contributed by atoms with van der Waals surface area (Å²) in [5, 5.41) is 5.36. The highest BCUT2D eigenvalue weighted by Crippen LogP contribution is 2.40. The third kappa shape index (κ3) is 4.68. The van der Waals surface area contributed by atoms with Crippen molar-refractivity contribution in [3.05, 3.63) is 88.5 Å². The van der Waals surface area contributed by atoms with Gasteiger partial charge in [0.15, 0.2) is 11.6 Å². The van der Waals surface area contributed by atoms with Crippen molar-refractivity contribution in [1.29, 1.82) is 0 Å². The highest BCUT2D eigenvalue weighted by Gasteiger charge is 2.32. The zero-order valence-corrected chi connectivity index (χ0v) is 18.6. The Kier molecular flexibility index (Phi) is 6.08. The molecule has 1 aliphatic rings. The Morgan fingerprint density at radius 3 is 2.55 bits per heavy atom. The number of halogens is 2. The molecule has 0 unspecified atom stereocenters. The van der Waals surface area contributed by atoms with Gasteiger partial charge in [-0.1, -0.05) is 29.8 Å². The molecule has 0 spiro atoms. The number of benzene rings is 3. The number of anilines is 1. The van der Waals surface area contributed by atoms with Crippen molar-refractivity contribution >= 4 is 38.9 Å². The first-order valence-corrected chi connectivity index (χ1v) is 11.7. The molecule has 1 amide bonds. The van der Waals surface area contributed by atoms with Crippen LogP contribution < -0.4 is 14.8 Å². The number of para-hydroxylation sites is 1. The second-order valence-electron chi connectivity index (χ2n) is 7.44. The van der Waals surface area contributed by atoms with Crippen LogP contribution in [0.15, 0.2) is 65.6 Å². The zero-order valence-electron chi connectivity index (χ0n) is 17.0. The summed E-state index contributed by atoms with van der Waals surface area (Å²) in [6.45, 7) is 7.56. The fraction of sp³-hybridized carbons (Fsp3) is 0.130. The van der Waals surface area contributed by atoms with Crippen molar-refractivity contribution in [2.75, 3.05) is 11.4 Å². The van der Waals surface area contributed by atoms with E-state index in [1.165, 1.54) is 42.5 Å². The smallest absolute Gasteiger partial charge is 0.238 e. The largest absolute Gasteiger partial charge is 0.464 e. The Hall–Kier alpha value is -3.45.